The number of aromatic nitrogens is 4. The van der Waals surface area contributed by atoms with Crippen LogP contribution in [-0.2, 0) is 7.05 Å². The van der Waals surface area contributed by atoms with E-state index in [4.69, 9.17) is 10.3 Å². The summed E-state index contributed by atoms with van der Waals surface area (Å²) in [4.78, 5) is 8.86. The standard InChI is InChI=1S/C15H23N5O/c1-9-11(16)6-5-10(15(9,2)3)14-18-12(19-21-14)13-17-7-8-20(13)4/h7-11H,5-6,16H2,1-4H3. The molecule has 0 amide bonds. The van der Waals surface area contributed by atoms with Gasteiger partial charge in [-0.05, 0) is 24.2 Å². The van der Waals surface area contributed by atoms with Crippen LogP contribution in [0.1, 0.15) is 45.4 Å². The molecule has 3 unspecified atom stereocenters. The highest BCUT2D eigenvalue weighted by Crippen LogP contribution is 2.49. The van der Waals surface area contributed by atoms with Gasteiger partial charge in [0, 0.05) is 31.4 Å². The Morgan fingerprint density at radius 1 is 1.38 bits per heavy atom. The van der Waals surface area contributed by atoms with Crippen LogP contribution in [0.4, 0.5) is 0 Å². The quantitative estimate of drug-likeness (QED) is 0.917. The van der Waals surface area contributed by atoms with Gasteiger partial charge in [-0.3, -0.25) is 0 Å². The Morgan fingerprint density at radius 2 is 2.14 bits per heavy atom. The number of hydrogen-bond donors (Lipinski definition) is 1. The minimum Gasteiger partial charge on any atom is -0.339 e. The fraction of sp³-hybridized carbons (Fsp3) is 0.667. The third-order valence-corrected chi connectivity index (χ3v) is 5.26. The summed E-state index contributed by atoms with van der Waals surface area (Å²) in [5, 5.41) is 4.10. The molecule has 1 fully saturated rings. The lowest BCUT2D eigenvalue weighted by Gasteiger charge is -2.45. The lowest BCUT2D eigenvalue weighted by atomic mass is 9.61. The van der Waals surface area contributed by atoms with Gasteiger partial charge in [0.1, 0.15) is 0 Å². The van der Waals surface area contributed by atoms with Crippen LogP contribution < -0.4 is 5.73 Å². The lowest BCUT2D eigenvalue weighted by molar-refractivity contribution is 0.0806. The van der Waals surface area contributed by atoms with Gasteiger partial charge in [0.05, 0.1) is 0 Å². The summed E-state index contributed by atoms with van der Waals surface area (Å²) in [6, 6.07) is 0.244. The van der Waals surface area contributed by atoms with Crippen molar-refractivity contribution in [2.45, 2.75) is 45.6 Å². The fourth-order valence-electron chi connectivity index (χ4n) is 3.34. The van der Waals surface area contributed by atoms with E-state index < -0.39 is 0 Å². The van der Waals surface area contributed by atoms with Crippen LogP contribution >= 0.6 is 0 Å². The molecule has 2 heterocycles. The predicted octanol–water partition coefficient (Wildman–Crippen LogP) is 2.34. The van der Waals surface area contributed by atoms with Crippen LogP contribution in [0.5, 0.6) is 0 Å². The monoisotopic (exact) mass is 289 g/mol. The zero-order valence-electron chi connectivity index (χ0n) is 13.1. The summed E-state index contributed by atoms with van der Waals surface area (Å²) in [5.41, 5.74) is 6.26. The number of hydrogen-bond acceptors (Lipinski definition) is 5. The number of nitrogens with two attached hydrogens (primary N) is 1. The first-order valence-electron chi connectivity index (χ1n) is 7.48. The smallest absolute Gasteiger partial charge is 0.238 e. The molecule has 0 aliphatic heterocycles. The van der Waals surface area contributed by atoms with E-state index in [-0.39, 0.29) is 17.4 Å². The van der Waals surface area contributed by atoms with Crippen molar-refractivity contribution in [3.05, 3.63) is 18.3 Å². The van der Waals surface area contributed by atoms with Gasteiger partial charge in [-0.2, -0.15) is 4.98 Å². The SMILES string of the molecule is CC1C(N)CCC(c2nc(-c3nccn3C)no2)C1(C)C. The first-order valence-corrected chi connectivity index (χ1v) is 7.48. The number of rotatable bonds is 2. The Balaban J connectivity index is 1.91. The van der Waals surface area contributed by atoms with E-state index in [1.165, 1.54) is 0 Å². The Hall–Kier alpha value is -1.69. The molecule has 6 heteroatoms. The van der Waals surface area contributed by atoms with Crippen LogP contribution in [0, 0.1) is 11.3 Å². The molecule has 1 saturated carbocycles. The van der Waals surface area contributed by atoms with E-state index in [0.29, 0.717) is 17.6 Å². The summed E-state index contributed by atoms with van der Waals surface area (Å²) in [5.74, 6) is 2.64. The number of aryl methyl sites for hydroxylation is 1. The van der Waals surface area contributed by atoms with Crippen LogP contribution in [0.25, 0.3) is 11.6 Å². The Bertz CT molecular complexity index is 630. The van der Waals surface area contributed by atoms with Gasteiger partial charge in [-0.1, -0.05) is 25.9 Å². The maximum Gasteiger partial charge on any atom is 0.238 e. The first kappa shape index (κ1) is 14.3. The molecule has 0 bridgehead atoms. The van der Waals surface area contributed by atoms with E-state index in [1.807, 2.05) is 17.8 Å². The molecule has 114 valence electrons. The van der Waals surface area contributed by atoms with E-state index >= 15 is 0 Å². The third kappa shape index (κ3) is 2.27. The Labute approximate surface area is 124 Å². The molecule has 6 nitrogen and oxygen atoms in total. The minimum absolute atomic E-state index is 0.0447. The second-order valence-corrected chi connectivity index (χ2v) is 6.72. The van der Waals surface area contributed by atoms with Gasteiger partial charge >= 0.3 is 0 Å². The van der Waals surface area contributed by atoms with Crippen molar-refractivity contribution in [3.8, 4) is 11.6 Å². The second-order valence-electron chi connectivity index (χ2n) is 6.72. The van der Waals surface area contributed by atoms with Crippen LogP contribution in [0.2, 0.25) is 0 Å². The lowest BCUT2D eigenvalue weighted by Crippen LogP contribution is -2.45. The average molecular weight is 289 g/mol. The molecule has 2 aromatic heterocycles. The topological polar surface area (TPSA) is 82.8 Å². The molecule has 0 saturated heterocycles. The van der Waals surface area contributed by atoms with Gasteiger partial charge < -0.3 is 14.8 Å². The first-order chi connectivity index (χ1) is 9.91. The molecule has 1 aliphatic carbocycles. The Kier molecular flexibility index (Phi) is 3.36. The molecule has 2 N–H and O–H groups in total. The highest BCUT2D eigenvalue weighted by atomic mass is 16.5. The molecule has 3 atom stereocenters. The summed E-state index contributed by atoms with van der Waals surface area (Å²) in [7, 11) is 1.92. The van der Waals surface area contributed by atoms with E-state index in [2.05, 4.69) is 35.9 Å². The van der Waals surface area contributed by atoms with Crippen LogP contribution in [-0.4, -0.2) is 25.7 Å². The predicted molar refractivity (Wildman–Crippen MR) is 79.4 cm³/mol. The van der Waals surface area contributed by atoms with Crippen LogP contribution in [0.3, 0.4) is 0 Å². The van der Waals surface area contributed by atoms with Gasteiger partial charge in [-0.15, -0.1) is 0 Å². The van der Waals surface area contributed by atoms with E-state index in [1.54, 1.807) is 6.20 Å². The molecule has 0 radical (unpaired) electrons. The molecule has 2 aromatic rings. The van der Waals surface area contributed by atoms with Crippen molar-refractivity contribution in [1.82, 2.24) is 19.7 Å². The van der Waals surface area contributed by atoms with Gasteiger partial charge in [0.15, 0.2) is 5.82 Å². The molecule has 1 aliphatic rings. The van der Waals surface area contributed by atoms with Gasteiger partial charge in [-0.25, -0.2) is 4.98 Å². The largest absolute Gasteiger partial charge is 0.339 e. The van der Waals surface area contributed by atoms with Crippen molar-refractivity contribution in [2.75, 3.05) is 0 Å². The van der Waals surface area contributed by atoms with Crippen LogP contribution in [0.15, 0.2) is 16.9 Å². The van der Waals surface area contributed by atoms with Crippen molar-refractivity contribution in [3.63, 3.8) is 0 Å². The zero-order valence-corrected chi connectivity index (χ0v) is 13.1. The fourth-order valence-corrected chi connectivity index (χ4v) is 3.34. The van der Waals surface area contributed by atoms with Crippen molar-refractivity contribution in [2.24, 2.45) is 24.1 Å². The number of imidazole rings is 1. The normalized spacial score (nSPS) is 28.7. The van der Waals surface area contributed by atoms with Gasteiger partial charge in [0.25, 0.3) is 0 Å². The molecular weight excluding hydrogens is 266 g/mol. The van der Waals surface area contributed by atoms with Crippen molar-refractivity contribution in [1.29, 1.82) is 0 Å². The Morgan fingerprint density at radius 3 is 2.81 bits per heavy atom. The highest BCUT2D eigenvalue weighted by molar-refractivity contribution is 5.42. The van der Waals surface area contributed by atoms with Crippen molar-refractivity contribution < 1.29 is 4.52 Å². The number of nitrogens with zero attached hydrogens (tertiary/aromatic N) is 4. The van der Waals surface area contributed by atoms with Crippen molar-refractivity contribution >= 4 is 0 Å². The van der Waals surface area contributed by atoms with E-state index in [9.17, 15) is 0 Å². The maximum absolute atomic E-state index is 6.22. The molecule has 21 heavy (non-hydrogen) atoms. The molecule has 0 aromatic carbocycles. The summed E-state index contributed by atoms with van der Waals surface area (Å²) >= 11 is 0. The maximum atomic E-state index is 6.22. The molecule has 3 rings (SSSR count). The van der Waals surface area contributed by atoms with Gasteiger partial charge in [0.2, 0.25) is 11.7 Å². The molecule has 0 spiro atoms. The highest BCUT2D eigenvalue weighted by Gasteiger charge is 2.44. The zero-order chi connectivity index (χ0) is 15.2. The minimum atomic E-state index is 0.0447. The average Bonchev–Trinajstić information content (AvgIpc) is 3.05. The summed E-state index contributed by atoms with van der Waals surface area (Å²) in [6.07, 6.45) is 5.59. The molecular formula is C15H23N5O. The summed E-state index contributed by atoms with van der Waals surface area (Å²) in [6.45, 7) is 6.70. The second kappa shape index (κ2) is 4.94. The third-order valence-electron chi connectivity index (χ3n) is 5.26. The summed E-state index contributed by atoms with van der Waals surface area (Å²) < 4.78 is 7.43. The van der Waals surface area contributed by atoms with E-state index in [0.717, 1.165) is 18.7 Å².